The van der Waals surface area contributed by atoms with E-state index in [2.05, 4.69) is 26.8 Å². The van der Waals surface area contributed by atoms with E-state index in [0.717, 1.165) is 32.7 Å². The van der Waals surface area contributed by atoms with Gasteiger partial charge in [0.2, 0.25) is 10.8 Å². The molecule has 0 spiro atoms. The normalized spacial score (nSPS) is 17.8. The number of aromatic nitrogens is 3. The Morgan fingerprint density at radius 3 is 2.62 bits per heavy atom. The van der Waals surface area contributed by atoms with Crippen LogP contribution < -0.4 is 0 Å². The van der Waals surface area contributed by atoms with Crippen LogP contribution in [0.15, 0.2) is 24.3 Å². The van der Waals surface area contributed by atoms with Gasteiger partial charge in [-0.15, -0.1) is 5.10 Å². The molecule has 0 amide bonds. The highest BCUT2D eigenvalue weighted by molar-refractivity contribution is 7.17. The average molecular weight is 375 g/mol. The lowest BCUT2D eigenvalue weighted by Crippen LogP contribution is -2.47. The Morgan fingerprint density at radius 2 is 1.96 bits per heavy atom. The fourth-order valence-electron chi connectivity index (χ4n) is 3.56. The van der Waals surface area contributed by atoms with Crippen LogP contribution in [-0.4, -0.2) is 62.2 Å². The second-order valence-corrected chi connectivity index (χ2v) is 7.55. The molecule has 0 bridgehead atoms. The molecular formula is C18H22FN5OS. The van der Waals surface area contributed by atoms with Gasteiger partial charge in [-0.2, -0.15) is 4.52 Å². The van der Waals surface area contributed by atoms with Crippen molar-refractivity contribution in [1.82, 2.24) is 24.4 Å². The van der Waals surface area contributed by atoms with Gasteiger partial charge in [0.05, 0.1) is 10.9 Å². The third-order valence-corrected chi connectivity index (χ3v) is 6.05. The summed E-state index contributed by atoms with van der Waals surface area (Å²) in [6.07, 6.45) is 0. The maximum atomic E-state index is 14.6. The first-order valence-corrected chi connectivity index (χ1v) is 9.66. The van der Waals surface area contributed by atoms with Crippen LogP contribution in [0, 0.1) is 12.7 Å². The molecule has 8 heteroatoms. The Balaban J connectivity index is 1.78. The minimum atomic E-state index is -0.344. The molecular weight excluding hydrogens is 353 g/mol. The summed E-state index contributed by atoms with van der Waals surface area (Å²) in [6, 6.07) is 6.46. The number of aryl methyl sites for hydroxylation is 1. The van der Waals surface area contributed by atoms with E-state index < -0.39 is 0 Å². The molecule has 0 unspecified atom stereocenters. The minimum Gasteiger partial charge on any atom is -0.492 e. The minimum absolute atomic E-state index is 0.0526. The molecule has 6 nitrogen and oxygen atoms in total. The highest BCUT2D eigenvalue weighted by Gasteiger charge is 2.32. The predicted molar refractivity (Wildman–Crippen MR) is 99.2 cm³/mol. The maximum Gasteiger partial charge on any atom is 0.230 e. The van der Waals surface area contributed by atoms with Gasteiger partial charge in [-0.1, -0.05) is 36.5 Å². The molecule has 0 radical (unpaired) electrons. The van der Waals surface area contributed by atoms with E-state index in [-0.39, 0.29) is 17.7 Å². The van der Waals surface area contributed by atoms with Crippen molar-refractivity contribution in [3.05, 3.63) is 46.3 Å². The fourth-order valence-corrected chi connectivity index (χ4v) is 4.72. The summed E-state index contributed by atoms with van der Waals surface area (Å²) in [5, 5.41) is 15.0. The number of hydrogen-bond donors (Lipinski definition) is 1. The van der Waals surface area contributed by atoms with Crippen molar-refractivity contribution < 1.29 is 9.50 Å². The number of aromatic hydroxyl groups is 1. The number of likely N-dealkylation sites (N-methyl/N-ethyl adjacent to an activating group) is 1. The van der Waals surface area contributed by atoms with Gasteiger partial charge in [-0.25, -0.2) is 9.37 Å². The monoisotopic (exact) mass is 375 g/mol. The first kappa shape index (κ1) is 17.4. The number of fused-ring (bicyclic) bond motifs is 1. The summed E-state index contributed by atoms with van der Waals surface area (Å²) in [4.78, 5) is 10.3. The molecule has 4 rings (SSSR count). The third-order valence-electron chi connectivity index (χ3n) is 4.97. The van der Waals surface area contributed by atoms with Gasteiger partial charge < -0.3 is 10.0 Å². The van der Waals surface area contributed by atoms with Crippen molar-refractivity contribution in [2.75, 3.05) is 32.7 Å². The largest absolute Gasteiger partial charge is 0.492 e. The third kappa shape index (κ3) is 2.98. The highest BCUT2D eigenvalue weighted by atomic mass is 32.1. The zero-order chi connectivity index (χ0) is 18.3. The molecule has 26 heavy (non-hydrogen) atoms. The van der Waals surface area contributed by atoms with Crippen molar-refractivity contribution in [3.63, 3.8) is 0 Å². The average Bonchev–Trinajstić information content (AvgIpc) is 3.15. The molecule has 0 aliphatic carbocycles. The molecule has 1 aliphatic heterocycles. The second-order valence-electron chi connectivity index (χ2n) is 6.54. The number of nitrogens with zero attached hydrogens (tertiary/aromatic N) is 5. The van der Waals surface area contributed by atoms with Crippen LogP contribution >= 0.6 is 11.3 Å². The zero-order valence-electron chi connectivity index (χ0n) is 14.9. The molecule has 1 fully saturated rings. The molecule has 1 N–H and O–H groups in total. The lowest BCUT2D eigenvalue weighted by Gasteiger charge is -2.38. The molecule has 2 aromatic heterocycles. The molecule has 3 aromatic rings. The summed E-state index contributed by atoms with van der Waals surface area (Å²) >= 11 is 1.37. The van der Waals surface area contributed by atoms with E-state index in [0.29, 0.717) is 21.2 Å². The van der Waals surface area contributed by atoms with Crippen molar-refractivity contribution in [2.45, 2.75) is 19.9 Å². The van der Waals surface area contributed by atoms with Gasteiger partial charge in [0.15, 0.2) is 0 Å². The predicted octanol–water partition coefficient (Wildman–Crippen LogP) is 2.67. The van der Waals surface area contributed by atoms with E-state index in [1.54, 1.807) is 19.1 Å². The van der Waals surface area contributed by atoms with Gasteiger partial charge in [-0.3, -0.25) is 4.90 Å². The molecule has 1 atom stereocenters. The van der Waals surface area contributed by atoms with Gasteiger partial charge >= 0.3 is 0 Å². The van der Waals surface area contributed by atoms with Gasteiger partial charge in [0.25, 0.3) is 0 Å². The fraction of sp³-hybridized carbons (Fsp3) is 0.444. The number of thiazole rings is 1. The number of rotatable bonds is 4. The number of piperazine rings is 1. The molecule has 0 saturated carbocycles. The van der Waals surface area contributed by atoms with Crippen LogP contribution in [-0.2, 0) is 0 Å². The molecule has 1 aromatic carbocycles. The Hall–Kier alpha value is -2.03. The maximum absolute atomic E-state index is 14.6. The molecule has 3 heterocycles. The van der Waals surface area contributed by atoms with Crippen LogP contribution in [0.2, 0.25) is 0 Å². The Bertz CT molecular complexity index is 916. The van der Waals surface area contributed by atoms with Crippen LogP contribution in [0.25, 0.3) is 4.96 Å². The van der Waals surface area contributed by atoms with E-state index in [1.165, 1.54) is 21.9 Å². The first-order valence-electron chi connectivity index (χ1n) is 8.84. The van der Waals surface area contributed by atoms with Gasteiger partial charge in [0, 0.05) is 31.7 Å². The van der Waals surface area contributed by atoms with Gasteiger partial charge in [-0.05, 0) is 19.5 Å². The number of benzene rings is 1. The van der Waals surface area contributed by atoms with Crippen molar-refractivity contribution >= 4 is 16.3 Å². The van der Waals surface area contributed by atoms with E-state index in [1.807, 2.05) is 6.07 Å². The summed E-state index contributed by atoms with van der Waals surface area (Å²) in [5.41, 5.74) is 0.578. The summed E-state index contributed by atoms with van der Waals surface area (Å²) in [6.45, 7) is 8.46. The number of hydrogen-bond acceptors (Lipinski definition) is 6. The smallest absolute Gasteiger partial charge is 0.230 e. The topological polar surface area (TPSA) is 56.9 Å². The van der Waals surface area contributed by atoms with Crippen molar-refractivity contribution in [1.29, 1.82) is 0 Å². The van der Waals surface area contributed by atoms with Gasteiger partial charge in [0.1, 0.15) is 11.6 Å². The van der Waals surface area contributed by atoms with E-state index >= 15 is 0 Å². The standard InChI is InChI=1S/C18H22FN5OS/c1-3-22-8-10-23(11-9-22)15(13-6-4-5-7-14(13)19)16-17(25)24-18(26-16)20-12(2)21-24/h4-7,15,25H,3,8-11H2,1-2H3/t15-/m1/s1. The zero-order valence-corrected chi connectivity index (χ0v) is 15.7. The summed E-state index contributed by atoms with van der Waals surface area (Å²) in [7, 11) is 0. The lowest BCUT2D eigenvalue weighted by molar-refractivity contribution is 0.112. The second kappa shape index (κ2) is 6.94. The summed E-state index contributed by atoms with van der Waals surface area (Å²) < 4.78 is 16.1. The van der Waals surface area contributed by atoms with E-state index in [9.17, 15) is 9.50 Å². The SMILES string of the molecule is CCN1CCN([C@H](c2ccccc2F)c2sc3nc(C)nn3c2O)CC1. The Kier molecular flexibility index (Phi) is 4.64. The first-order chi connectivity index (χ1) is 12.6. The highest BCUT2D eigenvalue weighted by Crippen LogP contribution is 2.40. The lowest BCUT2D eigenvalue weighted by atomic mass is 10.0. The Labute approximate surface area is 155 Å². The molecule has 138 valence electrons. The molecule has 1 saturated heterocycles. The molecule has 1 aliphatic rings. The number of halogens is 1. The Morgan fingerprint density at radius 1 is 1.23 bits per heavy atom. The van der Waals surface area contributed by atoms with E-state index in [4.69, 9.17) is 0 Å². The van der Waals surface area contributed by atoms with Crippen LogP contribution in [0.4, 0.5) is 4.39 Å². The van der Waals surface area contributed by atoms with Crippen LogP contribution in [0.1, 0.15) is 29.2 Å². The van der Waals surface area contributed by atoms with Crippen molar-refractivity contribution in [3.8, 4) is 5.88 Å². The summed E-state index contributed by atoms with van der Waals surface area (Å²) in [5.74, 6) is 0.402. The van der Waals surface area contributed by atoms with Crippen LogP contribution in [0.5, 0.6) is 5.88 Å². The van der Waals surface area contributed by atoms with Crippen LogP contribution in [0.3, 0.4) is 0 Å². The quantitative estimate of drug-likeness (QED) is 0.760. The van der Waals surface area contributed by atoms with Crippen molar-refractivity contribution in [2.24, 2.45) is 0 Å².